The molecule has 0 aliphatic rings. The van der Waals surface area contributed by atoms with Gasteiger partial charge in [-0.2, -0.15) is 0 Å². The summed E-state index contributed by atoms with van der Waals surface area (Å²) in [7, 11) is 3.44. The van der Waals surface area contributed by atoms with Crippen LogP contribution in [0.25, 0.3) is 11.1 Å². The van der Waals surface area contributed by atoms with Gasteiger partial charge in [0.15, 0.2) is 11.5 Å². The molecule has 1 heterocycles. The first-order valence-corrected chi connectivity index (χ1v) is 8.40. The van der Waals surface area contributed by atoms with Crippen molar-refractivity contribution in [2.24, 2.45) is 0 Å². The first-order valence-electron chi connectivity index (χ1n) is 8.40. The van der Waals surface area contributed by atoms with Crippen LogP contribution in [0.1, 0.15) is 28.2 Å². The van der Waals surface area contributed by atoms with E-state index in [0.29, 0.717) is 35.6 Å². The van der Waals surface area contributed by atoms with E-state index >= 15 is 0 Å². The minimum atomic E-state index is -0.0972. The van der Waals surface area contributed by atoms with Crippen molar-refractivity contribution in [2.75, 3.05) is 19.4 Å². The topological polar surface area (TPSA) is 75.4 Å². The molecule has 0 aliphatic carbocycles. The number of amides is 2. The van der Waals surface area contributed by atoms with Crippen LogP contribution in [0.5, 0.6) is 0 Å². The number of hydrogen-bond acceptors (Lipinski definition) is 4. The molecule has 0 atom stereocenters. The van der Waals surface area contributed by atoms with Crippen LogP contribution >= 0.6 is 0 Å². The Labute approximate surface area is 151 Å². The molecule has 0 saturated carbocycles. The van der Waals surface area contributed by atoms with E-state index in [1.807, 2.05) is 24.3 Å². The maximum Gasteiger partial charge on any atom is 0.253 e. The van der Waals surface area contributed by atoms with Crippen molar-refractivity contribution < 1.29 is 14.0 Å². The molecular formula is C20H21N3O3. The Morgan fingerprint density at radius 1 is 1.12 bits per heavy atom. The molecule has 0 spiro atoms. The number of anilines is 1. The lowest BCUT2D eigenvalue weighted by molar-refractivity contribution is -0.116. The monoisotopic (exact) mass is 351 g/mol. The van der Waals surface area contributed by atoms with Crippen molar-refractivity contribution in [1.82, 2.24) is 9.88 Å². The van der Waals surface area contributed by atoms with Gasteiger partial charge in [-0.3, -0.25) is 9.59 Å². The Bertz CT molecular complexity index is 943. The number of carbonyl (C=O) groups excluding carboxylic acids is 2. The summed E-state index contributed by atoms with van der Waals surface area (Å²) in [5.74, 6) is 0.429. The number of hydrogen-bond donors (Lipinski definition) is 1. The average molecular weight is 351 g/mol. The van der Waals surface area contributed by atoms with Crippen LogP contribution in [0.2, 0.25) is 0 Å². The smallest absolute Gasteiger partial charge is 0.253 e. The van der Waals surface area contributed by atoms with Gasteiger partial charge in [0.05, 0.1) is 5.69 Å². The summed E-state index contributed by atoms with van der Waals surface area (Å²) >= 11 is 0. The third-order valence-corrected chi connectivity index (χ3v) is 4.04. The second-order valence-electron chi connectivity index (χ2n) is 6.33. The van der Waals surface area contributed by atoms with Crippen molar-refractivity contribution in [2.45, 2.75) is 19.8 Å². The quantitative estimate of drug-likeness (QED) is 0.764. The summed E-state index contributed by atoms with van der Waals surface area (Å²) in [6.45, 7) is 1.77. The van der Waals surface area contributed by atoms with Crippen molar-refractivity contribution in [3.63, 3.8) is 0 Å². The Morgan fingerprint density at radius 3 is 2.54 bits per heavy atom. The molecule has 26 heavy (non-hydrogen) atoms. The summed E-state index contributed by atoms with van der Waals surface area (Å²) in [5.41, 5.74) is 3.58. The molecule has 6 heteroatoms. The van der Waals surface area contributed by atoms with Crippen molar-refractivity contribution in [1.29, 1.82) is 0 Å². The average Bonchev–Trinajstić information content (AvgIpc) is 3.01. The number of carbonyl (C=O) groups is 2. The van der Waals surface area contributed by atoms with Gasteiger partial charge in [0.2, 0.25) is 5.91 Å². The van der Waals surface area contributed by atoms with Gasteiger partial charge in [-0.1, -0.05) is 18.2 Å². The molecule has 6 nitrogen and oxygen atoms in total. The van der Waals surface area contributed by atoms with E-state index in [1.165, 1.54) is 4.90 Å². The minimum Gasteiger partial charge on any atom is -0.439 e. The van der Waals surface area contributed by atoms with Crippen LogP contribution in [-0.4, -0.2) is 35.8 Å². The molecule has 3 rings (SSSR count). The van der Waals surface area contributed by atoms with Gasteiger partial charge in [0, 0.05) is 33.0 Å². The molecule has 0 saturated heterocycles. The number of para-hydroxylation sites is 1. The largest absolute Gasteiger partial charge is 0.439 e. The summed E-state index contributed by atoms with van der Waals surface area (Å²) in [6.07, 6.45) is 0.929. The SMILES string of the molecule is Cc1nc2cccc(NC(=O)CCc3ccc(C(=O)N(C)C)cc3)c2o1. The third kappa shape index (κ3) is 3.91. The zero-order valence-corrected chi connectivity index (χ0v) is 15.1. The first-order chi connectivity index (χ1) is 12.4. The summed E-state index contributed by atoms with van der Waals surface area (Å²) < 4.78 is 5.56. The highest BCUT2D eigenvalue weighted by Gasteiger charge is 2.11. The van der Waals surface area contributed by atoms with Crippen molar-refractivity contribution in [3.8, 4) is 0 Å². The number of fused-ring (bicyclic) bond motifs is 1. The molecule has 0 bridgehead atoms. The number of benzene rings is 2. The first kappa shape index (κ1) is 17.7. The lowest BCUT2D eigenvalue weighted by atomic mass is 10.1. The van der Waals surface area contributed by atoms with Gasteiger partial charge >= 0.3 is 0 Å². The van der Waals surface area contributed by atoms with Crippen LogP contribution in [0.4, 0.5) is 5.69 Å². The Morgan fingerprint density at radius 2 is 1.85 bits per heavy atom. The predicted octanol–water partition coefficient (Wildman–Crippen LogP) is 3.41. The number of oxazole rings is 1. The maximum absolute atomic E-state index is 12.3. The Kier molecular flexibility index (Phi) is 5.02. The third-order valence-electron chi connectivity index (χ3n) is 4.04. The second-order valence-corrected chi connectivity index (χ2v) is 6.33. The number of rotatable bonds is 5. The molecule has 0 aliphatic heterocycles. The number of aromatic nitrogens is 1. The van der Waals surface area contributed by atoms with E-state index in [0.717, 1.165) is 11.1 Å². The van der Waals surface area contributed by atoms with Crippen LogP contribution < -0.4 is 5.32 Å². The highest BCUT2D eigenvalue weighted by Crippen LogP contribution is 2.24. The fourth-order valence-electron chi connectivity index (χ4n) is 2.70. The van der Waals surface area contributed by atoms with E-state index < -0.39 is 0 Å². The Balaban J connectivity index is 1.61. The normalized spacial score (nSPS) is 10.7. The number of nitrogens with zero attached hydrogens (tertiary/aromatic N) is 2. The Hall–Kier alpha value is -3.15. The fraction of sp³-hybridized carbons (Fsp3) is 0.250. The van der Waals surface area contributed by atoms with E-state index in [2.05, 4.69) is 10.3 Å². The van der Waals surface area contributed by atoms with Crippen LogP contribution in [0, 0.1) is 6.92 Å². The van der Waals surface area contributed by atoms with E-state index in [4.69, 9.17) is 4.42 Å². The number of nitrogens with one attached hydrogen (secondary N) is 1. The van der Waals surface area contributed by atoms with Gasteiger partial charge in [-0.05, 0) is 36.2 Å². The van der Waals surface area contributed by atoms with Gasteiger partial charge in [-0.15, -0.1) is 0 Å². The van der Waals surface area contributed by atoms with Gasteiger partial charge in [-0.25, -0.2) is 4.98 Å². The molecule has 1 aromatic heterocycles. The summed E-state index contributed by atoms with van der Waals surface area (Å²) in [5, 5.41) is 2.88. The van der Waals surface area contributed by atoms with Gasteiger partial charge in [0.25, 0.3) is 5.91 Å². The molecule has 3 aromatic rings. The molecular weight excluding hydrogens is 330 g/mol. The lowest BCUT2D eigenvalue weighted by Gasteiger charge is -2.10. The van der Waals surface area contributed by atoms with Crippen LogP contribution in [0.3, 0.4) is 0 Å². The van der Waals surface area contributed by atoms with E-state index in [-0.39, 0.29) is 11.8 Å². The summed E-state index contributed by atoms with van der Waals surface area (Å²) in [6, 6.07) is 12.8. The predicted molar refractivity (Wildman–Crippen MR) is 100 cm³/mol. The fourth-order valence-corrected chi connectivity index (χ4v) is 2.70. The zero-order valence-electron chi connectivity index (χ0n) is 15.1. The molecule has 0 fully saturated rings. The lowest BCUT2D eigenvalue weighted by Crippen LogP contribution is -2.21. The zero-order chi connectivity index (χ0) is 18.7. The summed E-state index contributed by atoms with van der Waals surface area (Å²) in [4.78, 5) is 29.9. The standard InChI is InChI=1S/C20H21N3O3/c1-13-21-16-5-4-6-17(19(16)26-13)22-18(24)12-9-14-7-10-15(11-8-14)20(25)23(2)3/h4-8,10-11H,9,12H2,1-3H3,(H,22,24). The minimum absolute atomic E-state index is 0.0373. The van der Waals surface area contributed by atoms with Gasteiger partial charge in [0.1, 0.15) is 5.52 Å². The molecule has 1 N–H and O–H groups in total. The van der Waals surface area contributed by atoms with Crippen molar-refractivity contribution in [3.05, 3.63) is 59.5 Å². The van der Waals surface area contributed by atoms with Crippen molar-refractivity contribution >= 4 is 28.6 Å². The van der Waals surface area contributed by atoms with Crippen LogP contribution in [0.15, 0.2) is 46.9 Å². The van der Waals surface area contributed by atoms with E-state index in [1.54, 1.807) is 39.2 Å². The van der Waals surface area contributed by atoms with Crippen LogP contribution in [-0.2, 0) is 11.2 Å². The molecule has 134 valence electrons. The molecule has 2 aromatic carbocycles. The highest BCUT2D eigenvalue weighted by molar-refractivity contribution is 5.98. The number of aryl methyl sites for hydroxylation is 2. The molecule has 0 unspecified atom stereocenters. The maximum atomic E-state index is 12.3. The highest BCUT2D eigenvalue weighted by atomic mass is 16.3. The molecule has 0 radical (unpaired) electrons. The second kappa shape index (κ2) is 7.39. The molecule has 2 amide bonds. The van der Waals surface area contributed by atoms with E-state index in [9.17, 15) is 9.59 Å². The van der Waals surface area contributed by atoms with Gasteiger partial charge < -0.3 is 14.6 Å².